The summed E-state index contributed by atoms with van der Waals surface area (Å²) in [5.41, 5.74) is 0. The molecule has 0 spiro atoms. The highest BCUT2D eigenvalue weighted by Gasteiger charge is 2.11. The van der Waals surface area contributed by atoms with Gasteiger partial charge in [0.1, 0.15) is 6.04 Å². The Morgan fingerprint density at radius 1 is 1.50 bits per heavy atom. The number of thiophene rings is 1. The number of nitrogens with one attached hydrogen (secondary N) is 1. The minimum absolute atomic E-state index is 0.185. The first-order valence-electron chi connectivity index (χ1n) is 4.90. The molecular weight excluding hydrogens is 220 g/mol. The lowest BCUT2D eigenvalue weighted by Gasteiger charge is -2.03. The molecule has 2 rings (SSSR count). The fourth-order valence-electron chi connectivity index (χ4n) is 1.39. The van der Waals surface area contributed by atoms with Crippen LogP contribution in [0.5, 0.6) is 0 Å². The first-order valence-corrected chi connectivity index (χ1v) is 5.71. The van der Waals surface area contributed by atoms with Gasteiger partial charge in [0.2, 0.25) is 0 Å². The third-order valence-electron chi connectivity index (χ3n) is 2.19. The smallest absolute Gasteiger partial charge is 0.262 e. The van der Waals surface area contributed by atoms with E-state index in [4.69, 9.17) is 5.26 Å². The molecule has 1 aromatic carbocycles. The summed E-state index contributed by atoms with van der Waals surface area (Å²) in [6.07, 6.45) is 0. The zero-order valence-corrected chi connectivity index (χ0v) is 9.54. The number of hydrogen-bond donors (Lipinski definition) is 1. The lowest BCUT2D eigenvalue weighted by Crippen LogP contribution is -2.30. The maximum Gasteiger partial charge on any atom is 0.262 e. The summed E-state index contributed by atoms with van der Waals surface area (Å²) >= 11 is 1.44. The van der Waals surface area contributed by atoms with Gasteiger partial charge in [0, 0.05) is 4.70 Å². The number of rotatable bonds is 2. The Labute approximate surface area is 97.3 Å². The molecule has 0 aliphatic heterocycles. The van der Waals surface area contributed by atoms with Crippen LogP contribution in [0.3, 0.4) is 0 Å². The lowest BCUT2D eigenvalue weighted by molar-refractivity contribution is 0.0952. The van der Waals surface area contributed by atoms with Gasteiger partial charge in [0.25, 0.3) is 5.91 Å². The second kappa shape index (κ2) is 4.33. The van der Waals surface area contributed by atoms with Crippen LogP contribution in [-0.2, 0) is 0 Å². The van der Waals surface area contributed by atoms with E-state index in [1.807, 2.05) is 36.4 Å². The maximum absolute atomic E-state index is 11.7. The first-order chi connectivity index (χ1) is 7.70. The zero-order valence-electron chi connectivity index (χ0n) is 8.73. The topological polar surface area (TPSA) is 52.9 Å². The van der Waals surface area contributed by atoms with Crippen molar-refractivity contribution in [2.24, 2.45) is 0 Å². The number of nitrogens with zero attached hydrogens (tertiary/aromatic N) is 1. The zero-order chi connectivity index (χ0) is 11.5. The van der Waals surface area contributed by atoms with E-state index in [2.05, 4.69) is 5.32 Å². The van der Waals surface area contributed by atoms with Crippen LogP contribution in [0.25, 0.3) is 10.1 Å². The summed E-state index contributed by atoms with van der Waals surface area (Å²) in [6, 6.07) is 11.2. The number of carbonyl (C=O) groups is 1. The Balaban J connectivity index is 2.27. The van der Waals surface area contributed by atoms with E-state index < -0.39 is 6.04 Å². The second-order valence-corrected chi connectivity index (χ2v) is 4.56. The molecule has 1 atom stereocenters. The van der Waals surface area contributed by atoms with Gasteiger partial charge >= 0.3 is 0 Å². The van der Waals surface area contributed by atoms with Crippen molar-refractivity contribution in [2.45, 2.75) is 13.0 Å². The molecule has 0 fully saturated rings. The van der Waals surface area contributed by atoms with Gasteiger partial charge in [-0.1, -0.05) is 18.2 Å². The van der Waals surface area contributed by atoms with Crippen molar-refractivity contribution < 1.29 is 4.79 Å². The summed E-state index contributed by atoms with van der Waals surface area (Å²) in [5.74, 6) is -0.185. The summed E-state index contributed by atoms with van der Waals surface area (Å²) in [5, 5.41) is 12.3. The Morgan fingerprint density at radius 3 is 2.94 bits per heavy atom. The highest BCUT2D eigenvalue weighted by molar-refractivity contribution is 7.20. The normalized spacial score (nSPS) is 12.0. The molecule has 0 bridgehead atoms. The molecule has 0 saturated heterocycles. The molecule has 1 heterocycles. The molecule has 0 radical (unpaired) electrons. The second-order valence-electron chi connectivity index (χ2n) is 3.47. The van der Waals surface area contributed by atoms with Crippen molar-refractivity contribution in [1.29, 1.82) is 5.26 Å². The summed E-state index contributed by atoms with van der Waals surface area (Å²) in [7, 11) is 0. The van der Waals surface area contributed by atoms with Crippen LogP contribution in [0, 0.1) is 11.3 Å². The van der Waals surface area contributed by atoms with Crippen molar-refractivity contribution in [3.05, 3.63) is 35.2 Å². The van der Waals surface area contributed by atoms with Crippen molar-refractivity contribution in [1.82, 2.24) is 5.32 Å². The number of fused-ring (bicyclic) bond motifs is 1. The predicted molar refractivity (Wildman–Crippen MR) is 64.4 cm³/mol. The molecule has 1 amide bonds. The number of nitriles is 1. The molecule has 16 heavy (non-hydrogen) atoms. The molecule has 1 N–H and O–H groups in total. The minimum atomic E-state index is -0.460. The number of hydrogen-bond acceptors (Lipinski definition) is 3. The number of benzene rings is 1. The SMILES string of the molecule is CC(C#N)NC(=O)c1cc2ccccc2s1. The third-order valence-corrected chi connectivity index (χ3v) is 3.31. The van der Waals surface area contributed by atoms with Crippen LogP contribution in [0.4, 0.5) is 0 Å². The van der Waals surface area contributed by atoms with Gasteiger partial charge in [0.05, 0.1) is 10.9 Å². The van der Waals surface area contributed by atoms with Crippen LogP contribution in [-0.4, -0.2) is 11.9 Å². The quantitative estimate of drug-likeness (QED) is 0.862. The molecular formula is C12H10N2OS. The Bertz CT molecular complexity index is 535. The highest BCUT2D eigenvalue weighted by atomic mass is 32.1. The predicted octanol–water partition coefficient (Wildman–Crippen LogP) is 2.54. The average Bonchev–Trinajstić information content (AvgIpc) is 2.72. The van der Waals surface area contributed by atoms with Gasteiger partial charge in [-0.25, -0.2) is 0 Å². The van der Waals surface area contributed by atoms with Gasteiger partial charge in [-0.05, 0) is 24.4 Å². The molecule has 4 heteroatoms. The van der Waals surface area contributed by atoms with E-state index in [1.54, 1.807) is 6.92 Å². The third kappa shape index (κ3) is 2.05. The fraction of sp³-hybridized carbons (Fsp3) is 0.167. The molecule has 1 unspecified atom stereocenters. The van der Waals surface area contributed by atoms with E-state index in [0.717, 1.165) is 10.1 Å². The van der Waals surface area contributed by atoms with Crippen LogP contribution in [0.1, 0.15) is 16.6 Å². The largest absolute Gasteiger partial charge is 0.336 e. The van der Waals surface area contributed by atoms with E-state index in [1.165, 1.54) is 11.3 Å². The Kier molecular flexibility index (Phi) is 2.88. The van der Waals surface area contributed by atoms with Crippen LogP contribution in [0.15, 0.2) is 30.3 Å². The van der Waals surface area contributed by atoms with Gasteiger partial charge in [-0.3, -0.25) is 4.79 Å². The Morgan fingerprint density at radius 2 is 2.25 bits per heavy atom. The standard InChI is InChI=1S/C12H10N2OS/c1-8(7-13)14-12(15)11-6-9-4-2-3-5-10(9)16-11/h2-6,8H,1H3,(H,14,15). The summed E-state index contributed by atoms with van der Waals surface area (Å²) in [4.78, 5) is 12.4. The maximum atomic E-state index is 11.7. The lowest BCUT2D eigenvalue weighted by atomic mass is 10.2. The van der Waals surface area contributed by atoms with Crippen LogP contribution < -0.4 is 5.32 Å². The van der Waals surface area contributed by atoms with Crippen molar-refractivity contribution in [3.8, 4) is 6.07 Å². The van der Waals surface area contributed by atoms with Crippen LogP contribution in [0.2, 0.25) is 0 Å². The molecule has 0 saturated carbocycles. The average molecular weight is 230 g/mol. The molecule has 0 aliphatic rings. The first kappa shape index (κ1) is 10.7. The molecule has 1 aromatic heterocycles. The Hall–Kier alpha value is -1.86. The van der Waals surface area contributed by atoms with E-state index in [-0.39, 0.29) is 5.91 Å². The number of amides is 1. The molecule has 80 valence electrons. The van der Waals surface area contributed by atoms with Gasteiger partial charge in [0.15, 0.2) is 0 Å². The summed E-state index contributed by atoms with van der Waals surface area (Å²) in [6.45, 7) is 1.66. The summed E-state index contributed by atoms with van der Waals surface area (Å²) < 4.78 is 1.08. The van der Waals surface area contributed by atoms with Crippen LogP contribution >= 0.6 is 11.3 Å². The van der Waals surface area contributed by atoms with Gasteiger partial charge in [-0.15, -0.1) is 11.3 Å². The van der Waals surface area contributed by atoms with Crippen molar-refractivity contribution in [3.63, 3.8) is 0 Å². The minimum Gasteiger partial charge on any atom is -0.336 e. The van der Waals surface area contributed by atoms with Crippen molar-refractivity contribution >= 4 is 27.3 Å². The highest BCUT2D eigenvalue weighted by Crippen LogP contribution is 2.25. The monoisotopic (exact) mass is 230 g/mol. The van der Waals surface area contributed by atoms with E-state index >= 15 is 0 Å². The fourth-order valence-corrected chi connectivity index (χ4v) is 2.36. The van der Waals surface area contributed by atoms with E-state index in [0.29, 0.717) is 4.88 Å². The number of carbonyl (C=O) groups excluding carboxylic acids is 1. The molecule has 0 aliphatic carbocycles. The van der Waals surface area contributed by atoms with Crippen molar-refractivity contribution in [2.75, 3.05) is 0 Å². The van der Waals surface area contributed by atoms with E-state index in [9.17, 15) is 4.79 Å². The van der Waals surface area contributed by atoms with Gasteiger partial charge in [-0.2, -0.15) is 5.26 Å². The molecule has 2 aromatic rings. The van der Waals surface area contributed by atoms with Gasteiger partial charge < -0.3 is 5.32 Å². The molecule has 3 nitrogen and oxygen atoms in total.